The normalized spacial score (nSPS) is 10.7. The Labute approximate surface area is 145 Å². The first-order chi connectivity index (χ1) is 11.0. The predicted octanol–water partition coefficient (Wildman–Crippen LogP) is 3.39. The topological polar surface area (TPSA) is 93.8 Å². The molecule has 0 fully saturated rings. The van der Waals surface area contributed by atoms with E-state index in [1.54, 1.807) is 12.3 Å². The molecule has 0 bridgehead atoms. The Hall–Kier alpha value is -2.03. The highest BCUT2D eigenvalue weighted by Gasteiger charge is 2.14. The van der Waals surface area contributed by atoms with Crippen LogP contribution in [0.5, 0.6) is 0 Å². The van der Waals surface area contributed by atoms with Crippen LogP contribution < -0.4 is 11.1 Å². The summed E-state index contributed by atoms with van der Waals surface area (Å²) < 4.78 is 0. The van der Waals surface area contributed by atoms with Crippen molar-refractivity contribution in [1.29, 1.82) is 0 Å². The van der Waals surface area contributed by atoms with Crippen LogP contribution in [0.2, 0.25) is 5.15 Å². The van der Waals surface area contributed by atoms with E-state index in [-0.39, 0.29) is 6.42 Å². The second-order valence-electron chi connectivity index (χ2n) is 4.67. The van der Waals surface area contributed by atoms with Gasteiger partial charge in [-0.15, -0.1) is 22.7 Å². The molecule has 0 saturated heterocycles. The molecule has 0 aliphatic rings. The van der Waals surface area contributed by atoms with Gasteiger partial charge in [0.05, 0.1) is 28.4 Å². The number of anilines is 2. The highest BCUT2D eigenvalue weighted by Crippen LogP contribution is 2.34. The van der Waals surface area contributed by atoms with Crippen LogP contribution in [-0.4, -0.2) is 20.9 Å². The maximum absolute atomic E-state index is 11.0. The van der Waals surface area contributed by atoms with E-state index in [1.807, 2.05) is 18.4 Å². The molecule has 23 heavy (non-hydrogen) atoms. The minimum Gasteiger partial charge on any atom is -0.369 e. The van der Waals surface area contributed by atoms with Crippen molar-refractivity contribution in [2.45, 2.75) is 13.3 Å². The molecule has 0 aliphatic heterocycles. The number of carbonyl (C=O) groups excluding carboxylic acids is 1. The van der Waals surface area contributed by atoms with E-state index in [2.05, 4.69) is 20.3 Å². The fourth-order valence-corrected chi connectivity index (χ4v) is 3.93. The Morgan fingerprint density at radius 2 is 2.26 bits per heavy atom. The molecular formula is C14H12ClN5OS2. The Morgan fingerprint density at radius 3 is 3.00 bits per heavy atom. The molecule has 0 aliphatic carbocycles. The third-order valence-corrected chi connectivity index (χ3v) is 5.14. The largest absolute Gasteiger partial charge is 0.369 e. The fourth-order valence-electron chi connectivity index (χ4n) is 1.94. The molecule has 3 aromatic heterocycles. The van der Waals surface area contributed by atoms with Crippen molar-refractivity contribution in [3.8, 4) is 10.6 Å². The van der Waals surface area contributed by atoms with Crippen LogP contribution in [0.4, 0.5) is 10.8 Å². The molecule has 0 aromatic carbocycles. The highest BCUT2D eigenvalue weighted by atomic mass is 35.5. The van der Waals surface area contributed by atoms with Gasteiger partial charge >= 0.3 is 0 Å². The van der Waals surface area contributed by atoms with Gasteiger partial charge in [0.2, 0.25) is 5.91 Å². The van der Waals surface area contributed by atoms with Gasteiger partial charge in [-0.1, -0.05) is 11.6 Å². The van der Waals surface area contributed by atoms with Crippen LogP contribution in [0.15, 0.2) is 23.7 Å². The van der Waals surface area contributed by atoms with Crippen molar-refractivity contribution in [2.24, 2.45) is 5.73 Å². The maximum Gasteiger partial charge on any atom is 0.224 e. The lowest BCUT2D eigenvalue weighted by Crippen LogP contribution is -2.13. The van der Waals surface area contributed by atoms with Crippen LogP contribution in [0.25, 0.3) is 10.6 Å². The average Bonchev–Trinajstić information content (AvgIpc) is 3.07. The Balaban J connectivity index is 1.83. The van der Waals surface area contributed by atoms with E-state index < -0.39 is 5.91 Å². The van der Waals surface area contributed by atoms with Crippen LogP contribution in [0, 0.1) is 6.92 Å². The van der Waals surface area contributed by atoms with Gasteiger partial charge in [0.1, 0.15) is 5.01 Å². The molecule has 1 amide bonds. The number of rotatable bonds is 5. The molecule has 3 N–H and O–H groups in total. The summed E-state index contributed by atoms with van der Waals surface area (Å²) in [5.74, 6) is -0.392. The lowest BCUT2D eigenvalue weighted by Gasteiger charge is -2.02. The summed E-state index contributed by atoms with van der Waals surface area (Å²) >= 11 is 8.91. The summed E-state index contributed by atoms with van der Waals surface area (Å²) in [6, 6.07) is 3.63. The number of carbonyl (C=O) groups is 1. The van der Waals surface area contributed by atoms with Gasteiger partial charge in [-0.3, -0.25) is 4.79 Å². The van der Waals surface area contributed by atoms with Gasteiger partial charge in [-0.05, 0) is 19.1 Å². The number of hydrogen-bond acceptors (Lipinski definition) is 7. The van der Waals surface area contributed by atoms with Gasteiger partial charge in [0.25, 0.3) is 0 Å². The minimum atomic E-state index is -0.392. The number of nitrogens with two attached hydrogens (primary N) is 1. The van der Waals surface area contributed by atoms with E-state index >= 15 is 0 Å². The first kappa shape index (κ1) is 15.9. The smallest absolute Gasteiger partial charge is 0.224 e. The number of primary amides is 1. The molecule has 3 heterocycles. The number of hydrogen-bond donors (Lipinski definition) is 2. The molecule has 118 valence electrons. The van der Waals surface area contributed by atoms with Gasteiger partial charge in [0, 0.05) is 11.6 Å². The molecule has 0 atom stereocenters. The minimum absolute atomic E-state index is 0.145. The van der Waals surface area contributed by atoms with Crippen molar-refractivity contribution in [3.63, 3.8) is 0 Å². The van der Waals surface area contributed by atoms with Crippen molar-refractivity contribution < 1.29 is 4.79 Å². The zero-order valence-electron chi connectivity index (χ0n) is 12.0. The Morgan fingerprint density at radius 1 is 1.43 bits per heavy atom. The number of nitrogens with one attached hydrogen (secondary N) is 1. The second-order valence-corrected chi connectivity index (χ2v) is 6.97. The molecule has 3 aromatic rings. The quantitative estimate of drug-likeness (QED) is 0.676. The Kier molecular flexibility index (Phi) is 4.56. The number of aromatic nitrogens is 3. The number of thiazole rings is 2. The summed E-state index contributed by atoms with van der Waals surface area (Å²) in [5, 5.41) is 6.87. The fraction of sp³-hybridized carbons (Fsp3) is 0.143. The zero-order valence-corrected chi connectivity index (χ0v) is 14.4. The summed E-state index contributed by atoms with van der Waals surface area (Å²) in [6.07, 6.45) is 1.77. The van der Waals surface area contributed by atoms with E-state index in [9.17, 15) is 4.79 Å². The van der Waals surface area contributed by atoms with Crippen molar-refractivity contribution in [3.05, 3.63) is 39.6 Å². The monoisotopic (exact) mass is 365 g/mol. The van der Waals surface area contributed by atoms with Gasteiger partial charge in [-0.25, -0.2) is 15.0 Å². The average molecular weight is 366 g/mol. The lowest BCUT2D eigenvalue weighted by molar-refractivity contribution is -0.117. The molecule has 3 rings (SSSR count). The molecule has 0 unspecified atom stereocenters. The third-order valence-electron chi connectivity index (χ3n) is 2.90. The number of amides is 1. The lowest BCUT2D eigenvalue weighted by atomic mass is 10.3. The van der Waals surface area contributed by atoms with E-state index in [0.29, 0.717) is 21.0 Å². The van der Waals surface area contributed by atoms with Crippen molar-refractivity contribution >= 4 is 51.0 Å². The summed E-state index contributed by atoms with van der Waals surface area (Å²) in [7, 11) is 0. The molecule has 0 spiro atoms. The highest BCUT2D eigenvalue weighted by molar-refractivity contribution is 7.17. The number of halogens is 1. The molecule has 9 heteroatoms. The third kappa shape index (κ3) is 3.66. The summed E-state index contributed by atoms with van der Waals surface area (Å²) in [4.78, 5) is 24.9. The van der Waals surface area contributed by atoms with Crippen LogP contribution in [-0.2, 0) is 11.2 Å². The van der Waals surface area contributed by atoms with E-state index in [4.69, 9.17) is 17.3 Å². The van der Waals surface area contributed by atoms with Gasteiger partial charge in [-0.2, -0.15) is 0 Å². The first-order valence-corrected chi connectivity index (χ1v) is 8.68. The standard InChI is InChI=1S/C14H12ClN5OS2/c1-7-12(23-11(18-7)5-10(16)21)9-6-22-14(20-9)19-8-3-2-4-17-13(8)15/h2-4,6H,5H2,1H3,(H2,16,21)(H,19,20). The van der Waals surface area contributed by atoms with Crippen LogP contribution in [0.3, 0.4) is 0 Å². The summed E-state index contributed by atoms with van der Waals surface area (Å²) in [6.45, 7) is 1.89. The molecular weight excluding hydrogens is 354 g/mol. The van der Waals surface area contributed by atoms with Crippen LogP contribution >= 0.6 is 34.3 Å². The zero-order chi connectivity index (χ0) is 16.4. The van der Waals surface area contributed by atoms with Crippen LogP contribution in [0.1, 0.15) is 10.7 Å². The maximum atomic E-state index is 11.0. The SMILES string of the molecule is Cc1nc(CC(N)=O)sc1-c1csc(Nc2cccnc2Cl)n1. The Bertz CT molecular complexity index is 860. The van der Waals surface area contributed by atoms with Gasteiger partial charge in [0.15, 0.2) is 10.3 Å². The first-order valence-electron chi connectivity index (χ1n) is 6.61. The van der Waals surface area contributed by atoms with Crippen molar-refractivity contribution in [1.82, 2.24) is 15.0 Å². The molecule has 6 nitrogen and oxygen atoms in total. The number of pyridine rings is 1. The van der Waals surface area contributed by atoms with Gasteiger partial charge < -0.3 is 11.1 Å². The van der Waals surface area contributed by atoms with Crippen molar-refractivity contribution in [2.75, 3.05) is 5.32 Å². The van der Waals surface area contributed by atoms with E-state index in [0.717, 1.165) is 16.3 Å². The number of nitrogens with zero attached hydrogens (tertiary/aromatic N) is 3. The predicted molar refractivity (Wildman–Crippen MR) is 93.4 cm³/mol. The number of aryl methyl sites for hydroxylation is 1. The summed E-state index contributed by atoms with van der Waals surface area (Å²) in [5.41, 5.74) is 7.56. The molecule has 0 saturated carbocycles. The molecule has 0 radical (unpaired) electrons. The second kappa shape index (κ2) is 6.61. The van der Waals surface area contributed by atoms with E-state index in [1.165, 1.54) is 22.7 Å².